The zero-order chi connectivity index (χ0) is 23.9. The van der Waals surface area contributed by atoms with Gasteiger partial charge in [0, 0.05) is 6.42 Å². The Labute approximate surface area is 194 Å². The number of carbonyl (C=O) groups excluding carboxylic acids is 2. The van der Waals surface area contributed by atoms with Crippen molar-refractivity contribution in [2.24, 2.45) is 5.10 Å². The number of carbonyl (C=O) groups is 2. The maximum atomic E-state index is 12.7. The van der Waals surface area contributed by atoms with Gasteiger partial charge in [0.25, 0.3) is 5.91 Å². The normalized spacial score (nSPS) is 15.1. The molecule has 174 valence electrons. The Balaban J connectivity index is 1.42. The molecule has 3 aromatic carbocycles. The molecule has 9 heteroatoms. The van der Waals surface area contributed by atoms with Gasteiger partial charge in [-0.3, -0.25) is 9.80 Å². The van der Waals surface area contributed by atoms with Gasteiger partial charge in [0.1, 0.15) is 11.5 Å². The summed E-state index contributed by atoms with van der Waals surface area (Å²) < 4.78 is 34.6. The van der Waals surface area contributed by atoms with Crippen LogP contribution in [0.25, 0.3) is 0 Å². The summed E-state index contributed by atoms with van der Waals surface area (Å²) in [5, 5.41) is 8.63. The van der Waals surface area contributed by atoms with E-state index in [2.05, 4.69) is 15.2 Å². The summed E-state index contributed by atoms with van der Waals surface area (Å²) >= 11 is 0. The molecule has 1 N–H and O–H groups in total. The molecule has 0 fully saturated rings. The number of hydrogen-bond donors (Lipinski definition) is 1. The van der Waals surface area contributed by atoms with Gasteiger partial charge in [0.15, 0.2) is 6.61 Å². The summed E-state index contributed by atoms with van der Waals surface area (Å²) in [6.07, 6.45) is 0.296. The minimum absolute atomic E-state index is 0.0430. The van der Waals surface area contributed by atoms with Gasteiger partial charge in [-0.1, -0.05) is 60.7 Å². The monoisotopic (exact) mass is 465 g/mol. The van der Waals surface area contributed by atoms with E-state index in [4.69, 9.17) is 4.74 Å². The van der Waals surface area contributed by atoms with Crippen LogP contribution in [0, 0.1) is 0 Å². The topological polar surface area (TPSA) is 80.2 Å². The summed E-state index contributed by atoms with van der Waals surface area (Å²) in [5.74, 6) is -1.62. The Kier molecular flexibility index (Phi) is 7.12. The molecular weight excluding hydrogens is 444 g/mol. The van der Waals surface area contributed by atoms with Crippen LogP contribution in [0.2, 0.25) is 0 Å². The third kappa shape index (κ3) is 5.55. The number of nitrogens with zero attached hydrogens (tertiary/aromatic N) is 2. The smallest absolute Gasteiger partial charge is 0.387 e. The quantitative estimate of drug-likeness (QED) is 0.485. The van der Waals surface area contributed by atoms with E-state index in [1.165, 1.54) is 18.2 Å². The van der Waals surface area contributed by atoms with Crippen LogP contribution in [0.4, 0.5) is 20.2 Å². The van der Waals surface area contributed by atoms with Crippen LogP contribution < -0.4 is 15.1 Å². The van der Waals surface area contributed by atoms with Crippen molar-refractivity contribution in [2.45, 2.75) is 19.1 Å². The minimum atomic E-state index is -3.04. The van der Waals surface area contributed by atoms with E-state index in [0.29, 0.717) is 6.42 Å². The van der Waals surface area contributed by atoms with Crippen LogP contribution in [0.5, 0.6) is 5.75 Å². The van der Waals surface area contributed by atoms with Crippen molar-refractivity contribution >= 4 is 29.0 Å². The first-order valence-corrected chi connectivity index (χ1v) is 10.5. The zero-order valence-electron chi connectivity index (χ0n) is 17.9. The Hall–Kier alpha value is -4.27. The van der Waals surface area contributed by atoms with Crippen LogP contribution >= 0.6 is 0 Å². The van der Waals surface area contributed by atoms with Crippen molar-refractivity contribution < 1.29 is 27.8 Å². The standard InChI is InChI=1S/C25H21F2N3O4/c26-25(27)34-22-14-8-7-13-19(22)28-23(31)16-33-24(32)20-15-21(17-9-3-1-4-10-17)30(29-20)18-11-5-2-6-12-18/h1-14,21,25H,15-16H2,(H,28,31). The molecule has 0 aromatic heterocycles. The van der Waals surface area contributed by atoms with Gasteiger partial charge in [-0.2, -0.15) is 13.9 Å². The number of hydrogen-bond acceptors (Lipinski definition) is 6. The molecule has 1 atom stereocenters. The SMILES string of the molecule is O=C(COC(=O)C1=NN(c2ccccc2)C(c2ccccc2)C1)Nc1ccccc1OC(F)F. The van der Waals surface area contributed by atoms with Crippen molar-refractivity contribution in [2.75, 3.05) is 16.9 Å². The van der Waals surface area contributed by atoms with Gasteiger partial charge < -0.3 is 14.8 Å². The summed E-state index contributed by atoms with van der Waals surface area (Å²) in [7, 11) is 0. The lowest BCUT2D eigenvalue weighted by Crippen LogP contribution is -2.24. The second-order valence-electron chi connectivity index (χ2n) is 7.36. The minimum Gasteiger partial charge on any atom is -0.451 e. The number of para-hydroxylation sites is 3. The number of alkyl halides is 2. The molecule has 1 aliphatic heterocycles. The molecule has 34 heavy (non-hydrogen) atoms. The Bertz CT molecular complexity index is 1170. The molecule has 0 radical (unpaired) electrons. The fraction of sp³-hybridized carbons (Fsp3) is 0.160. The maximum Gasteiger partial charge on any atom is 0.387 e. The molecule has 3 aromatic rings. The van der Waals surface area contributed by atoms with Gasteiger partial charge >= 0.3 is 12.6 Å². The lowest BCUT2D eigenvalue weighted by molar-refractivity contribution is -0.140. The molecule has 1 amide bonds. The average Bonchev–Trinajstić information content (AvgIpc) is 3.30. The Morgan fingerprint density at radius 3 is 2.32 bits per heavy atom. The van der Waals surface area contributed by atoms with Gasteiger partial charge in [0.2, 0.25) is 0 Å². The van der Waals surface area contributed by atoms with E-state index in [1.54, 1.807) is 11.1 Å². The van der Waals surface area contributed by atoms with E-state index in [1.807, 2.05) is 60.7 Å². The molecule has 4 rings (SSSR count). The van der Waals surface area contributed by atoms with Crippen molar-refractivity contribution in [3.05, 3.63) is 90.5 Å². The first-order chi connectivity index (χ1) is 16.5. The first kappa shape index (κ1) is 22.9. The molecule has 1 heterocycles. The fourth-order valence-corrected chi connectivity index (χ4v) is 3.56. The van der Waals surface area contributed by atoms with Crippen LogP contribution in [0.1, 0.15) is 18.0 Å². The lowest BCUT2D eigenvalue weighted by atomic mass is 10.0. The number of hydrazone groups is 1. The highest BCUT2D eigenvalue weighted by atomic mass is 19.3. The number of nitrogens with one attached hydrogen (secondary N) is 1. The third-order valence-corrected chi connectivity index (χ3v) is 5.06. The van der Waals surface area contributed by atoms with E-state index < -0.39 is 25.1 Å². The fourth-order valence-electron chi connectivity index (χ4n) is 3.56. The van der Waals surface area contributed by atoms with Gasteiger partial charge in [-0.15, -0.1) is 0 Å². The lowest BCUT2D eigenvalue weighted by Gasteiger charge is -2.23. The molecule has 0 bridgehead atoms. The second kappa shape index (κ2) is 10.6. The number of benzene rings is 3. The predicted octanol–water partition coefficient (Wildman–Crippen LogP) is 4.78. The molecule has 0 aliphatic carbocycles. The number of amides is 1. The Morgan fingerprint density at radius 1 is 0.971 bits per heavy atom. The van der Waals surface area contributed by atoms with Crippen LogP contribution in [-0.4, -0.2) is 30.8 Å². The van der Waals surface area contributed by atoms with Crippen molar-refractivity contribution in [1.29, 1.82) is 0 Å². The second-order valence-corrected chi connectivity index (χ2v) is 7.36. The summed E-state index contributed by atoms with van der Waals surface area (Å²) in [6.45, 7) is -3.65. The maximum absolute atomic E-state index is 12.7. The molecular formula is C25H21F2N3O4. The highest BCUT2D eigenvalue weighted by molar-refractivity contribution is 6.37. The van der Waals surface area contributed by atoms with Crippen LogP contribution in [0.3, 0.4) is 0 Å². The number of anilines is 2. The molecule has 0 saturated heterocycles. The van der Waals surface area contributed by atoms with Gasteiger partial charge in [-0.25, -0.2) is 4.79 Å². The molecule has 0 spiro atoms. The van der Waals surface area contributed by atoms with E-state index in [9.17, 15) is 18.4 Å². The van der Waals surface area contributed by atoms with Gasteiger partial charge in [-0.05, 0) is 29.8 Å². The number of rotatable bonds is 8. The number of halogens is 2. The highest BCUT2D eigenvalue weighted by Crippen LogP contribution is 2.35. The summed E-state index contributed by atoms with van der Waals surface area (Å²) in [5.41, 5.74) is 2.01. The number of ether oxygens (including phenoxy) is 2. The van der Waals surface area contributed by atoms with Crippen LogP contribution in [0.15, 0.2) is 90.0 Å². The largest absolute Gasteiger partial charge is 0.451 e. The Morgan fingerprint density at radius 2 is 1.62 bits per heavy atom. The third-order valence-electron chi connectivity index (χ3n) is 5.06. The van der Waals surface area contributed by atoms with Crippen molar-refractivity contribution in [3.8, 4) is 5.75 Å². The van der Waals surface area contributed by atoms with E-state index in [0.717, 1.165) is 11.3 Å². The van der Waals surface area contributed by atoms with Crippen molar-refractivity contribution in [3.63, 3.8) is 0 Å². The summed E-state index contributed by atoms with van der Waals surface area (Å²) in [6, 6.07) is 24.6. The van der Waals surface area contributed by atoms with E-state index >= 15 is 0 Å². The number of esters is 1. The van der Waals surface area contributed by atoms with Crippen molar-refractivity contribution in [1.82, 2.24) is 0 Å². The predicted molar refractivity (Wildman–Crippen MR) is 123 cm³/mol. The van der Waals surface area contributed by atoms with Crippen LogP contribution in [-0.2, 0) is 14.3 Å². The molecule has 0 saturated carbocycles. The zero-order valence-corrected chi connectivity index (χ0v) is 17.9. The molecule has 1 aliphatic rings. The van der Waals surface area contributed by atoms with Gasteiger partial charge in [0.05, 0.1) is 17.4 Å². The van der Waals surface area contributed by atoms with E-state index in [-0.39, 0.29) is 23.2 Å². The molecule has 1 unspecified atom stereocenters. The first-order valence-electron chi connectivity index (χ1n) is 10.5. The average molecular weight is 465 g/mol. The summed E-state index contributed by atoms with van der Waals surface area (Å²) in [4.78, 5) is 24.9. The highest BCUT2D eigenvalue weighted by Gasteiger charge is 2.33. The molecule has 7 nitrogen and oxygen atoms in total.